The lowest BCUT2D eigenvalue weighted by molar-refractivity contribution is 0.367. The molecule has 0 aromatic rings. The van der Waals surface area contributed by atoms with Crippen LogP contribution in [0.1, 0.15) is 20.8 Å². The zero-order valence-electron chi connectivity index (χ0n) is 8.74. The minimum Gasteiger partial charge on any atom is -0.367 e. The summed E-state index contributed by atoms with van der Waals surface area (Å²) in [4.78, 5) is 2.28. The van der Waals surface area contributed by atoms with Crippen molar-refractivity contribution in [3.63, 3.8) is 0 Å². The Morgan fingerprint density at radius 3 is 2.69 bits per heavy atom. The molecule has 1 rings (SSSR count). The van der Waals surface area contributed by atoms with Crippen molar-refractivity contribution in [2.75, 3.05) is 7.05 Å². The lowest BCUT2D eigenvalue weighted by Crippen LogP contribution is -2.23. The smallest absolute Gasteiger partial charge is 0.0749 e. The van der Waals surface area contributed by atoms with E-state index in [1.54, 1.807) is 11.8 Å². The molecule has 0 atom stereocenters. The van der Waals surface area contributed by atoms with Gasteiger partial charge in [0.2, 0.25) is 0 Å². The monoisotopic (exact) mass is 195 g/mol. The molecule has 0 aliphatic carbocycles. The summed E-state index contributed by atoms with van der Waals surface area (Å²) in [5.41, 5.74) is 1.31. The van der Waals surface area contributed by atoms with E-state index in [1.165, 1.54) is 10.6 Å². The molecule has 0 aromatic carbocycles. The summed E-state index contributed by atoms with van der Waals surface area (Å²) in [6.07, 6.45) is 6.41. The van der Waals surface area contributed by atoms with Gasteiger partial charge < -0.3 is 4.90 Å². The maximum absolute atomic E-state index is 2.28. The zero-order chi connectivity index (χ0) is 9.84. The van der Waals surface area contributed by atoms with Crippen molar-refractivity contribution in [1.29, 1.82) is 0 Å². The zero-order valence-corrected chi connectivity index (χ0v) is 9.56. The Hall–Kier alpha value is -0.630. The van der Waals surface area contributed by atoms with Gasteiger partial charge in [-0.3, -0.25) is 0 Å². The number of hydrogen-bond donors (Lipinski definition) is 0. The van der Waals surface area contributed by atoms with Crippen LogP contribution in [0.25, 0.3) is 0 Å². The van der Waals surface area contributed by atoms with Crippen LogP contribution < -0.4 is 0 Å². The highest BCUT2D eigenvalue weighted by Gasteiger charge is 2.07. The van der Waals surface area contributed by atoms with Gasteiger partial charge in [-0.05, 0) is 37.8 Å². The van der Waals surface area contributed by atoms with Crippen LogP contribution in [-0.4, -0.2) is 18.0 Å². The SMILES string of the molecule is CC1=CSC(N(C)C(C)C)=CC=C1. The Bertz CT molecular complexity index is 259. The molecule has 72 valence electrons. The van der Waals surface area contributed by atoms with Gasteiger partial charge in [0.25, 0.3) is 0 Å². The van der Waals surface area contributed by atoms with Crippen LogP contribution in [-0.2, 0) is 0 Å². The van der Waals surface area contributed by atoms with Crippen LogP contribution in [0.5, 0.6) is 0 Å². The second kappa shape index (κ2) is 4.56. The summed E-state index contributed by atoms with van der Waals surface area (Å²) >= 11 is 1.79. The number of thioether (sulfide) groups is 1. The van der Waals surface area contributed by atoms with E-state index in [0.717, 1.165) is 0 Å². The van der Waals surface area contributed by atoms with Crippen molar-refractivity contribution in [1.82, 2.24) is 4.90 Å². The molecule has 0 radical (unpaired) electrons. The van der Waals surface area contributed by atoms with Crippen LogP contribution in [0.3, 0.4) is 0 Å². The van der Waals surface area contributed by atoms with E-state index in [1.807, 2.05) is 0 Å². The topological polar surface area (TPSA) is 3.24 Å². The third kappa shape index (κ3) is 2.96. The van der Waals surface area contributed by atoms with Crippen molar-refractivity contribution < 1.29 is 0 Å². The highest BCUT2D eigenvalue weighted by molar-refractivity contribution is 8.05. The summed E-state index contributed by atoms with van der Waals surface area (Å²) in [5, 5.41) is 3.50. The fourth-order valence-corrected chi connectivity index (χ4v) is 1.89. The molecule has 1 heterocycles. The van der Waals surface area contributed by atoms with Crippen LogP contribution in [0.2, 0.25) is 0 Å². The van der Waals surface area contributed by atoms with Gasteiger partial charge in [0.15, 0.2) is 0 Å². The number of hydrogen-bond acceptors (Lipinski definition) is 2. The molecule has 1 aliphatic rings. The Balaban J connectivity index is 2.73. The first-order valence-corrected chi connectivity index (χ1v) is 5.44. The molecular formula is C11H17NS. The van der Waals surface area contributed by atoms with Crippen molar-refractivity contribution in [3.8, 4) is 0 Å². The van der Waals surface area contributed by atoms with Gasteiger partial charge in [0.05, 0.1) is 5.03 Å². The summed E-state index contributed by atoms with van der Waals surface area (Å²) in [7, 11) is 2.13. The van der Waals surface area contributed by atoms with E-state index in [-0.39, 0.29) is 0 Å². The van der Waals surface area contributed by atoms with Crippen LogP contribution in [0.4, 0.5) is 0 Å². The van der Waals surface area contributed by atoms with Crippen LogP contribution >= 0.6 is 11.8 Å². The standard InChI is InChI=1S/C11H17NS/c1-9(2)12(4)11-7-5-6-10(3)8-13-11/h5-9H,1-4H3. The van der Waals surface area contributed by atoms with E-state index in [9.17, 15) is 0 Å². The molecule has 0 N–H and O–H groups in total. The molecule has 0 bridgehead atoms. The average molecular weight is 195 g/mol. The molecule has 0 amide bonds. The van der Waals surface area contributed by atoms with E-state index < -0.39 is 0 Å². The van der Waals surface area contributed by atoms with E-state index in [4.69, 9.17) is 0 Å². The Kier molecular flexibility index (Phi) is 3.67. The maximum Gasteiger partial charge on any atom is 0.0749 e. The van der Waals surface area contributed by atoms with Gasteiger partial charge in [0, 0.05) is 13.1 Å². The largest absolute Gasteiger partial charge is 0.367 e. The lowest BCUT2D eigenvalue weighted by atomic mass is 10.3. The summed E-state index contributed by atoms with van der Waals surface area (Å²) < 4.78 is 0. The lowest BCUT2D eigenvalue weighted by Gasteiger charge is -2.24. The van der Waals surface area contributed by atoms with Gasteiger partial charge in [-0.1, -0.05) is 23.9 Å². The summed E-state index contributed by atoms with van der Waals surface area (Å²) in [6, 6.07) is 0.555. The molecule has 1 nitrogen and oxygen atoms in total. The highest BCUT2D eigenvalue weighted by Crippen LogP contribution is 2.25. The van der Waals surface area contributed by atoms with E-state index in [0.29, 0.717) is 6.04 Å². The Morgan fingerprint density at radius 2 is 2.08 bits per heavy atom. The predicted octanol–water partition coefficient (Wildman–Crippen LogP) is 3.37. The van der Waals surface area contributed by atoms with Crippen molar-refractivity contribution in [3.05, 3.63) is 34.2 Å². The van der Waals surface area contributed by atoms with Gasteiger partial charge in [-0.15, -0.1) is 0 Å². The molecule has 0 saturated heterocycles. The first-order valence-electron chi connectivity index (χ1n) is 4.56. The summed E-state index contributed by atoms with van der Waals surface area (Å²) in [6.45, 7) is 6.52. The van der Waals surface area contributed by atoms with Gasteiger partial charge in [-0.2, -0.15) is 0 Å². The second-order valence-corrected chi connectivity index (χ2v) is 4.44. The van der Waals surface area contributed by atoms with Crippen LogP contribution in [0.15, 0.2) is 34.2 Å². The average Bonchev–Trinajstić information content (AvgIpc) is 2.28. The fourth-order valence-electron chi connectivity index (χ4n) is 0.969. The second-order valence-electron chi connectivity index (χ2n) is 3.55. The van der Waals surface area contributed by atoms with Crippen LogP contribution in [0, 0.1) is 0 Å². The summed E-state index contributed by atoms with van der Waals surface area (Å²) in [5.74, 6) is 0. The van der Waals surface area contributed by atoms with Gasteiger partial charge >= 0.3 is 0 Å². The first-order chi connectivity index (χ1) is 6.11. The molecule has 0 unspecified atom stereocenters. The predicted molar refractivity (Wildman–Crippen MR) is 61.5 cm³/mol. The minimum absolute atomic E-state index is 0.555. The number of rotatable bonds is 2. The number of nitrogens with zero attached hydrogens (tertiary/aromatic N) is 1. The first kappa shape index (κ1) is 10.5. The van der Waals surface area contributed by atoms with Gasteiger partial charge in [0.1, 0.15) is 0 Å². The molecule has 0 fully saturated rings. The fraction of sp³-hybridized carbons (Fsp3) is 0.455. The molecule has 0 spiro atoms. The molecule has 0 aromatic heterocycles. The molecular weight excluding hydrogens is 178 g/mol. The minimum atomic E-state index is 0.555. The normalized spacial score (nSPS) is 16.7. The molecule has 0 saturated carbocycles. The van der Waals surface area contributed by atoms with Crippen molar-refractivity contribution >= 4 is 11.8 Å². The Labute approximate surface area is 85.2 Å². The quantitative estimate of drug-likeness (QED) is 0.664. The third-order valence-corrected chi connectivity index (χ3v) is 3.24. The van der Waals surface area contributed by atoms with Gasteiger partial charge in [-0.25, -0.2) is 0 Å². The Morgan fingerprint density at radius 1 is 1.38 bits per heavy atom. The van der Waals surface area contributed by atoms with Crippen molar-refractivity contribution in [2.24, 2.45) is 0 Å². The molecule has 1 aliphatic heterocycles. The maximum atomic E-state index is 2.28. The van der Waals surface area contributed by atoms with Crippen molar-refractivity contribution in [2.45, 2.75) is 26.8 Å². The third-order valence-electron chi connectivity index (χ3n) is 2.09. The molecule has 2 heteroatoms. The molecule has 13 heavy (non-hydrogen) atoms. The van der Waals surface area contributed by atoms with E-state index in [2.05, 4.69) is 56.4 Å². The van der Waals surface area contributed by atoms with E-state index >= 15 is 0 Å². The number of allylic oxidation sites excluding steroid dienone is 4. The highest BCUT2D eigenvalue weighted by atomic mass is 32.2.